The van der Waals surface area contributed by atoms with Crippen LogP contribution < -0.4 is 10.8 Å². The van der Waals surface area contributed by atoms with Crippen LogP contribution in [0.2, 0.25) is 0 Å². The van der Waals surface area contributed by atoms with Gasteiger partial charge in [-0.1, -0.05) is 24.3 Å². The summed E-state index contributed by atoms with van der Waals surface area (Å²) in [4.78, 5) is 25.6. The number of hydroxylamine groups is 1. The van der Waals surface area contributed by atoms with E-state index in [-0.39, 0.29) is 10.8 Å². The van der Waals surface area contributed by atoms with Gasteiger partial charge in [-0.3, -0.25) is 14.8 Å². The summed E-state index contributed by atoms with van der Waals surface area (Å²) in [5, 5.41) is 11.4. The monoisotopic (exact) mass is 482 g/mol. The summed E-state index contributed by atoms with van der Waals surface area (Å²) >= 11 is 0. The molecule has 0 spiro atoms. The fourth-order valence-electron chi connectivity index (χ4n) is 3.13. The zero-order chi connectivity index (χ0) is 24.7. The lowest BCUT2D eigenvalue weighted by molar-refractivity contribution is -0.124. The van der Waals surface area contributed by atoms with Crippen LogP contribution in [0.25, 0.3) is 17.2 Å². The molecule has 0 aliphatic heterocycles. The van der Waals surface area contributed by atoms with Crippen LogP contribution in [0.1, 0.15) is 15.9 Å². The predicted octanol–water partition coefficient (Wildman–Crippen LogP) is 2.20. The van der Waals surface area contributed by atoms with E-state index >= 15 is 0 Å². The molecule has 178 valence electrons. The maximum Gasteiger partial charge on any atom is 0.267 e. The number of likely N-dealkylation sites (N-methyl/N-ethyl adjacent to an activating group) is 1. The molecule has 0 fully saturated rings. The molecule has 9 nitrogen and oxygen atoms in total. The number of aromatic nitrogens is 1. The third-order valence-corrected chi connectivity index (χ3v) is 6.61. The summed E-state index contributed by atoms with van der Waals surface area (Å²) in [5.74, 6) is -0.891. The minimum Gasteiger partial charge on any atom is -0.351 e. The van der Waals surface area contributed by atoms with E-state index in [1.165, 1.54) is 42.1 Å². The Hall–Kier alpha value is -3.73. The van der Waals surface area contributed by atoms with Crippen LogP contribution in [0, 0.1) is 0 Å². The van der Waals surface area contributed by atoms with E-state index in [4.69, 9.17) is 5.21 Å². The standard InChI is InChI=1S/C24H26N4O5S/c1-27(2)15-13-25-24(30)21-5-3-4-20(16-21)19-7-9-22(10-8-19)34(32,33)28-14-12-18(17-28)6-11-23(29)26-31/h3-12,14,16-17,31H,13,15H2,1-2H3,(H,25,30)(H,26,29). The Bertz CT molecular complexity index is 1290. The van der Waals surface area contributed by atoms with Gasteiger partial charge < -0.3 is 10.2 Å². The number of amides is 2. The van der Waals surface area contributed by atoms with Crippen molar-refractivity contribution in [2.45, 2.75) is 4.90 Å². The Morgan fingerprint density at radius 1 is 1.06 bits per heavy atom. The quantitative estimate of drug-likeness (QED) is 0.244. The second-order valence-electron chi connectivity index (χ2n) is 7.75. The molecule has 0 atom stereocenters. The highest BCUT2D eigenvalue weighted by Gasteiger charge is 2.17. The van der Waals surface area contributed by atoms with Crippen molar-refractivity contribution in [1.82, 2.24) is 19.7 Å². The molecule has 0 aliphatic rings. The number of hydrogen-bond acceptors (Lipinski definition) is 6. The molecule has 0 saturated carbocycles. The Kier molecular flexibility index (Phi) is 8.00. The zero-order valence-corrected chi connectivity index (χ0v) is 19.6. The van der Waals surface area contributed by atoms with Gasteiger partial charge in [0.15, 0.2) is 0 Å². The summed E-state index contributed by atoms with van der Waals surface area (Å²) in [6.45, 7) is 1.27. The van der Waals surface area contributed by atoms with Crippen LogP contribution in [0.3, 0.4) is 0 Å². The van der Waals surface area contributed by atoms with E-state index in [0.29, 0.717) is 17.7 Å². The van der Waals surface area contributed by atoms with Gasteiger partial charge in [0.1, 0.15) is 0 Å². The summed E-state index contributed by atoms with van der Waals surface area (Å²) in [5.41, 5.74) is 4.03. The van der Waals surface area contributed by atoms with E-state index in [0.717, 1.165) is 27.7 Å². The third-order valence-electron chi connectivity index (χ3n) is 4.96. The molecule has 0 saturated heterocycles. The fraction of sp³-hybridized carbons (Fsp3) is 0.167. The maximum atomic E-state index is 12.9. The van der Waals surface area contributed by atoms with Gasteiger partial charge in [-0.15, -0.1) is 0 Å². The lowest BCUT2D eigenvalue weighted by Gasteiger charge is -2.11. The number of rotatable bonds is 9. The number of carbonyl (C=O) groups is 2. The van der Waals surface area contributed by atoms with Gasteiger partial charge in [-0.05, 0) is 67.2 Å². The average molecular weight is 483 g/mol. The van der Waals surface area contributed by atoms with Crippen molar-refractivity contribution in [3.05, 3.63) is 84.2 Å². The topological polar surface area (TPSA) is 121 Å². The van der Waals surface area contributed by atoms with Gasteiger partial charge in [0.05, 0.1) is 4.90 Å². The van der Waals surface area contributed by atoms with Crippen molar-refractivity contribution in [1.29, 1.82) is 0 Å². The molecule has 2 amide bonds. The average Bonchev–Trinajstić information content (AvgIpc) is 3.32. The van der Waals surface area contributed by atoms with Crippen molar-refractivity contribution in [3.63, 3.8) is 0 Å². The molecule has 1 aromatic heterocycles. The first kappa shape index (κ1) is 24.9. The molecule has 0 radical (unpaired) electrons. The molecular weight excluding hydrogens is 456 g/mol. The van der Waals surface area contributed by atoms with Crippen molar-refractivity contribution >= 4 is 27.9 Å². The highest BCUT2D eigenvalue weighted by atomic mass is 32.2. The molecule has 3 rings (SSSR count). The molecule has 10 heteroatoms. The van der Waals surface area contributed by atoms with Crippen LogP contribution in [-0.2, 0) is 14.8 Å². The van der Waals surface area contributed by atoms with Crippen LogP contribution in [-0.4, -0.2) is 61.5 Å². The number of carbonyl (C=O) groups excluding carboxylic acids is 2. The second kappa shape index (κ2) is 10.9. The number of hydrogen-bond donors (Lipinski definition) is 3. The predicted molar refractivity (Wildman–Crippen MR) is 129 cm³/mol. The third kappa shape index (κ3) is 6.19. The first-order chi connectivity index (χ1) is 16.2. The highest BCUT2D eigenvalue weighted by Crippen LogP contribution is 2.24. The number of nitrogens with one attached hydrogen (secondary N) is 2. The molecule has 3 N–H and O–H groups in total. The first-order valence-electron chi connectivity index (χ1n) is 10.4. The minimum absolute atomic E-state index is 0.0908. The maximum absolute atomic E-state index is 12.9. The van der Waals surface area contributed by atoms with Crippen LogP contribution in [0.4, 0.5) is 0 Å². The Morgan fingerprint density at radius 3 is 2.47 bits per heavy atom. The van der Waals surface area contributed by atoms with Crippen molar-refractivity contribution < 1.29 is 23.2 Å². The zero-order valence-electron chi connectivity index (χ0n) is 18.8. The molecule has 1 heterocycles. The van der Waals surface area contributed by atoms with Crippen LogP contribution >= 0.6 is 0 Å². The van der Waals surface area contributed by atoms with Gasteiger partial charge in [-0.2, -0.15) is 0 Å². The normalized spacial score (nSPS) is 11.6. The van der Waals surface area contributed by atoms with Gasteiger partial charge in [0.25, 0.3) is 21.8 Å². The molecule has 3 aromatic rings. The second-order valence-corrected chi connectivity index (χ2v) is 9.60. The van der Waals surface area contributed by atoms with E-state index in [1.807, 2.05) is 25.1 Å². The number of benzene rings is 2. The van der Waals surface area contributed by atoms with Crippen molar-refractivity contribution in [3.8, 4) is 11.1 Å². The van der Waals surface area contributed by atoms with Gasteiger partial charge in [-0.25, -0.2) is 17.9 Å². The molecule has 2 aromatic carbocycles. The number of nitrogens with zero attached hydrogens (tertiary/aromatic N) is 2. The Labute approximate surface area is 198 Å². The SMILES string of the molecule is CN(C)CCNC(=O)c1cccc(-c2ccc(S(=O)(=O)n3ccc(C=CC(=O)NO)c3)cc2)c1. The highest BCUT2D eigenvalue weighted by molar-refractivity contribution is 7.90. The Balaban J connectivity index is 1.76. The minimum atomic E-state index is -3.84. The van der Waals surface area contributed by atoms with E-state index < -0.39 is 15.9 Å². The molecule has 34 heavy (non-hydrogen) atoms. The van der Waals surface area contributed by atoms with Gasteiger partial charge in [0, 0.05) is 37.1 Å². The molecule has 0 aliphatic carbocycles. The fourth-order valence-corrected chi connectivity index (χ4v) is 4.33. The molecule has 0 bridgehead atoms. The van der Waals surface area contributed by atoms with Crippen LogP contribution in [0.5, 0.6) is 0 Å². The molecule has 0 unspecified atom stereocenters. The van der Waals surface area contributed by atoms with Crippen molar-refractivity contribution in [2.24, 2.45) is 0 Å². The van der Waals surface area contributed by atoms with Gasteiger partial charge in [0.2, 0.25) is 0 Å². The lowest BCUT2D eigenvalue weighted by atomic mass is 10.0. The Morgan fingerprint density at radius 2 is 1.79 bits per heavy atom. The van der Waals surface area contributed by atoms with E-state index in [1.54, 1.807) is 30.3 Å². The van der Waals surface area contributed by atoms with Crippen LogP contribution in [0.15, 0.2) is 78.0 Å². The summed E-state index contributed by atoms with van der Waals surface area (Å²) in [6, 6.07) is 15.0. The summed E-state index contributed by atoms with van der Waals surface area (Å²) in [6.07, 6.45) is 5.20. The van der Waals surface area contributed by atoms with E-state index in [2.05, 4.69) is 5.32 Å². The smallest absolute Gasteiger partial charge is 0.267 e. The molecular formula is C24H26N4O5S. The summed E-state index contributed by atoms with van der Waals surface area (Å²) < 4.78 is 26.9. The summed E-state index contributed by atoms with van der Waals surface area (Å²) in [7, 11) is 0.0297. The largest absolute Gasteiger partial charge is 0.351 e. The van der Waals surface area contributed by atoms with Crippen molar-refractivity contribution in [2.75, 3.05) is 27.2 Å². The lowest BCUT2D eigenvalue weighted by Crippen LogP contribution is -2.31. The first-order valence-corrected chi connectivity index (χ1v) is 11.8. The van der Waals surface area contributed by atoms with Gasteiger partial charge >= 0.3 is 0 Å². The van der Waals surface area contributed by atoms with E-state index in [9.17, 15) is 18.0 Å².